The number of aryl methyl sites for hydroxylation is 1. The molecule has 76 valence electrons. The average Bonchev–Trinajstić information content (AvgIpc) is 1.86. The van der Waals surface area contributed by atoms with Gasteiger partial charge in [-0.3, -0.25) is 4.55 Å². The Morgan fingerprint density at radius 1 is 1.08 bits per heavy atom. The minimum atomic E-state index is -4.02. The summed E-state index contributed by atoms with van der Waals surface area (Å²) in [4.78, 5) is -0.0666. The van der Waals surface area contributed by atoms with E-state index < -0.39 is 10.1 Å². The maximum Gasteiger partial charge on any atom is 0.294 e. The minimum Gasteiger partial charge on any atom is -0.282 e. The van der Waals surface area contributed by atoms with Crippen LogP contribution in [0.4, 0.5) is 0 Å². The summed E-state index contributed by atoms with van der Waals surface area (Å²) >= 11 is 0. The van der Waals surface area contributed by atoms with Crippen LogP contribution in [0, 0.1) is 6.92 Å². The van der Waals surface area contributed by atoms with E-state index in [1.54, 1.807) is 12.1 Å². The molecule has 6 heteroatoms. The maximum atomic E-state index is 10.5. The van der Waals surface area contributed by atoms with E-state index in [2.05, 4.69) is 0 Å². The lowest BCUT2D eigenvalue weighted by Crippen LogP contribution is -1.96. The Morgan fingerprint density at radius 3 is 1.77 bits per heavy atom. The van der Waals surface area contributed by atoms with Crippen molar-refractivity contribution in [3.8, 4) is 0 Å². The molecule has 1 N–H and O–H groups in total. The molecule has 0 bridgehead atoms. The Bertz CT molecular complexity index is 345. The van der Waals surface area contributed by atoms with Gasteiger partial charge in [-0.1, -0.05) is 17.7 Å². The van der Waals surface area contributed by atoms with E-state index in [0.29, 0.717) is 0 Å². The van der Waals surface area contributed by atoms with Crippen LogP contribution in [0.3, 0.4) is 0 Å². The molecular weight excluding hydrogens is 235 g/mol. The lowest BCUT2D eigenvalue weighted by molar-refractivity contribution is 0.483. The highest BCUT2D eigenvalue weighted by Gasteiger charge is 2.06. The van der Waals surface area contributed by atoms with Crippen molar-refractivity contribution in [2.75, 3.05) is 0 Å². The van der Waals surface area contributed by atoms with Crippen LogP contribution in [0.5, 0.6) is 0 Å². The topological polar surface area (TPSA) is 54.4 Å². The summed E-state index contributed by atoms with van der Waals surface area (Å²) in [5.41, 5.74) is 0.956. The smallest absolute Gasteiger partial charge is 0.282 e. The van der Waals surface area contributed by atoms with Gasteiger partial charge in [0.05, 0.1) is 4.90 Å². The fourth-order valence-corrected chi connectivity index (χ4v) is 1.19. The summed E-state index contributed by atoms with van der Waals surface area (Å²) < 4.78 is 29.6. The van der Waals surface area contributed by atoms with Crippen LogP contribution in [0.25, 0.3) is 0 Å². The zero-order valence-corrected chi connectivity index (χ0v) is 9.25. The largest absolute Gasteiger partial charge is 0.294 e. The molecule has 3 nitrogen and oxygen atoms in total. The van der Waals surface area contributed by atoms with Gasteiger partial charge in [-0.05, 0) is 19.1 Å². The predicted molar refractivity (Wildman–Crippen MR) is 55.5 cm³/mol. The second kappa shape index (κ2) is 5.44. The Kier molecular flexibility index (Phi) is 6.36. The van der Waals surface area contributed by atoms with Gasteiger partial charge in [0.25, 0.3) is 10.1 Å². The number of benzene rings is 1. The molecule has 0 aliphatic heterocycles. The second-order valence-corrected chi connectivity index (χ2v) is 3.71. The van der Waals surface area contributed by atoms with Crippen LogP contribution in [0.1, 0.15) is 5.56 Å². The first-order chi connectivity index (χ1) is 5.00. The van der Waals surface area contributed by atoms with Crippen molar-refractivity contribution in [3.63, 3.8) is 0 Å². The fraction of sp³-hybridized carbons (Fsp3) is 0.143. The third kappa shape index (κ3) is 4.47. The fourth-order valence-electron chi connectivity index (χ4n) is 0.710. The summed E-state index contributed by atoms with van der Waals surface area (Å²) in [6, 6.07) is 5.99. The van der Waals surface area contributed by atoms with E-state index in [1.165, 1.54) is 12.1 Å². The van der Waals surface area contributed by atoms with E-state index in [4.69, 9.17) is 4.55 Å². The Balaban J connectivity index is 0. The normalized spacial score (nSPS) is 9.69. The first-order valence-electron chi connectivity index (χ1n) is 3.04. The van der Waals surface area contributed by atoms with E-state index in [9.17, 15) is 8.42 Å². The molecule has 0 amide bonds. The third-order valence-corrected chi connectivity index (χ3v) is 2.19. The van der Waals surface area contributed by atoms with Gasteiger partial charge in [0.15, 0.2) is 0 Å². The zero-order valence-electron chi connectivity index (χ0n) is 6.80. The number of rotatable bonds is 1. The van der Waals surface area contributed by atoms with E-state index in [-0.39, 0.29) is 29.7 Å². The van der Waals surface area contributed by atoms with Crippen molar-refractivity contribution < 1.29 is 13.0 Å². The Hall–Kier alpha value is -0.290. The molecule has 0 heterocycles. The highest BCUT2D eigenvalue weighted by molar-refractivity contribution is 7.85. The second-order valence-electron chi connectivity index (χ2n) is 2.29. The van der Waals surface area contributed by atoms with Gasteiger partial charge in [0.1, 0.15) is 0 Å². The molecule has 0 atom stereocenters. The van der Waals surface area contributed by atoms with Gasteiger partial charge in [-0.25, -0.2) is 0 Å². The third-order valence-electron chi connectivity index (χ3n) is 1.32. The monoisotopic (exact) mass is 244 g/mol. The van der Waals surface area contributed by atoms with Gasteiger partial charge >= 0.3 is 0 Å². The van der Waals surface area contributed by atoms with Gasteiger partial charge in [0, 0.05) is 0 Å². The quantitative estimate of drug-likeness (QED) is 0.770. The molecule has 0 spiro atoms. The molecule has 0 radical (unpaired) electrons. The molecule has 1 rings (SSSR count). The van der Waals surface area contributed by atoms with Crippen molar-refractivity contribution in [3.05, 3.63) is 29.8 Å². The number of halogens is 2. The summed E-state index contributed by atoms with van der Waals surface area (Å²) in [7, 11) is -4.02. The van der Waals surface area contributed by atoms with Crippen molar-refractivity contribution in [2.45, 2.75) is 11.8 Å². The highest BCUT2D eigenvalue weighted by Crippen LogP contribution is 2.08. The van der Waals surface area contributed by atoms with Crippen molar-refractivity contribution >= 4 is 34.9 Å². The summed E-state index contributed by atoms with van der Waals surface area (Å²) in [6.45, 7) is 1.84. The van der Waals surface area contributed by atoms with E-state index in [1.807, 2.05) is 6.92 Å². The van der Waals surface area contributed by atoms with Crippen molar-refractivity contribution in [1.82, 2.24) is 0 Å². The van der Waals surface area contributed by atoms with Crippen LogP contribution >= 0.6 is 24.8 Å². The summed E-state index contributed by atoms with van der Waals surface area (Å²) in [5.74, 6) is 0. The van der Waals surface area contributed by atoms with Crippen LogP contribution in [0.15, 0.2) is 29.2 Å². The molecule has 0 fully saturated rings. The van der Waals surface area contributed by atoms with Crippen LogP contribution in [0.2, 0.25) is 0 Å². The minimum absolute atomic E-state index is 0. The zero-order chi connectivity index (χ0) is 8.48. The van der Waals surface area contributed by atoms with Crippen LogP contribution in [-0.2, 0) is 10.1 Å². The SMILES string of the molecule is Cc1ccc(S(=O)(=O)O)cc1.Cl.Cl. The first-order valence-corrected chi connectivity index (χ1v) is 4.48. The number of hydrogen-bond donors (Lipinski definition) is 1. The molecule has 1 aromatic carbocycles. The van der Waals surface area contributed by atoms with E-state index >= 15 is 0 Å². The van der Waals surface area contributed by atoms with Gasteiger partial charge in [0.2, 0.25) is 0 Å². The predicted octanol–water partition coefficient (Wildman–Crippen LogP) is 2.09. The lowest BCUT2D eigenvalue weighted by Gasteiger charge is -1.95. The molecule has 0 saturated carbocycles. The highest BCUT2D eigenvalue weighted by atomic mass is 35.5. The van der Waals surface area contributed by atoms with Gasteiger partial charge < -0.3 is 0 Å². The molecule has 13 heavy (non-hydrogen) atoms. The van der Waals surface area contributed by atoms with Gasteiger partial charge in [-0.15, -0.1) is 24.8 Å². The summed E-state index contributed by atoms with van der Waals surface area (Å²) in [6.07, 6.45) is 0. The molecule has 0 aliphatic rings. The first kappa shape index (κ1) is 15.2. The lowest BCUT2D eigenvalue weighted by atomic mass is 10.2. The number of hydrogen-bond acceptors (Lipinski definition) is 2. The molecular formula is C7H10Cl2O3S. The van der Waals surface area contributed by atoms with Crippen LogP contribution in [-0.4, -0.2) is 13.0 Å². The van der Waals surface area contributed by atoms with Crippen LogP contribution < -0.4 is 0 Å². The Morgan fingerprint density at radius 2 is 1.46 bits per heavy atom. The Labute approximate surface area is 89.7 Å². The average molecular weight is 245 g/mol. The van der Waals surface area contributed by atoms with E-state index in [0.717, 1.165) is 5.56 Å². The molecule has 0 aromatic heterocycles. The summed E-state index contributed by atoms with van der Waals surface area (Å²) in [5, 5.41) is 0. The maximum absolute atomic E-state index is 10.5. The molecule has 0 unspecified atom stereocenters. The van der Waals surface area contributed by atoms with Crippen molar-refractivity contribution in [2.24, 2.45) is 0 Å². The van der Waals surface area contributed by atoms with Gasteiger partial charge in [-0.2, -0.15) is 8.42 Å². The standard InChI is InChI=1S/C7H8O3S.2ClH/c1-6-2-4-7(5-3-6)11(8,9)10;;/h2-5H,1H3,(H,8,9,10);2*1H. The molecule has 1 aromatic rings. The molecule has 0 saturated heterocycles. The van der Waals surface area contributed by atoms with Crippen molar-refractivity contribution in [1.29, 1.82) is 0 Å². The molecule has 0 aliphatic carbocycles.